The molecule has 0 atom stereocenters. The van der Waals surface area contributed by atoms with E-state index in [1.165, 1.54) is 10.8 Å². The zero-order valence-electron chi connectivity index (χ0n) is 14.4. The molecule has 0 radical (unpaired) electrons. The van der Waals surface area contributed by atoms with Crippen molar-refractivity contribution < 1.29 is 14.0 Å². The van der Waals surface area contributed by atoms with Crippen molar-refractivity contribution in [2.24, 2.45) is 0 Å². The van der Waals surface area contributed by atoms with E-state index in [1.807, 2.05) is 6.07 Å². The van der Waals surface area contributed by atoms with Crippen LogP contribution in [-0.2, 0) is 22.7 Å². The molecular weight excluding hydrogens is 368 g/mol. The Balaban J connectivity index is 1.52. The Kier molecular flexibility index (Phi) is 5.82. The lowest BCUT2D eigenvalue weighted by Gasteiger charge is -2.09. The van der Waals surface area contributed by atoms with Gasteiger partial charge in [-0.3, -0.25) is 19.0 Å². The van der Waals surface area contributed by atoms with Crippen molar-refractivity contribution in [1.29, 1.82) is 0 Å². The van der Waals surface area contributed by atoms with E-state index in [0.29, 0.717) is 16.7 Å². The van der Waals surface area contributed by atoms with Crippen LogP contribution in [0.5, 0.6) is 0 Å². The first kappa shape index (κ1) is 18.6. The minimum absolute atomic E-state index is 0.0290. The molecule has 2 aromatic heterocycles. The third-order valence-electron chi connectivity index (χ3n) is 3.94. The summed E-state index contributed by atoms with van der Waals surface area (Å²) in [5.74, 6) is -0.0582. The number of aromatic nitrogens is 2. The number of furan rings is 1. The van der Waals surface area contributed by atoms with Crippen LogP contribution in [0.3, 0.4) is 0 Å². The van der Waals surface area contributed by atoms with Crippen LogP contribution < -0.4 is 16.2 Å². The Hall–Kier alpha value is -3.20. The van der Waals surface area contributed by atoms with Gasteiger partial charge in [0, 0.05) is 13.0 Å². The molecule has 27 heavy (non-hydrogen) atoms. The molecule has 0 aliphatic heterocycles. The first-order valence-corrected chi connectivity index (χ1v) is 8.73. The van der Waals surface area contributed by atoms with Crippen molar-refractivity contribution in [3.8, 4) is 0 Å². The molecule has 0 fully saturated rings. The lowest BCUT2D eigenvalue weighted by atomic mass is 10.2. The van der Waals surface area contributed by atoms with Crippen LogP contribution in [0.25, 0.3) is 10.9 Å². The van der Waals surface area contributed by atoms with E-state index in [0.717, 1.165) is 0 Å². The molecule has 2 amide bonds. The summed E-state index contributed by atoms with van der Waals surface area (Å²) in [5.41, 5.74) is 0.403. The highest BCUT2D eigenvalue weighted by molar-refractivity contribution is 7.71. The first-order chi connectivity index (χ1) is 13.0. The maximum Gasteiger partial charge on any atom is 0.262 e. The first-order valence-electron chi connectivity index (χ1n) is 8.32. The summed E-state index contributed by atoms with van der Waals surface area (Å²) in [6, 6.07) is 10.5. The van der Waals surface area contributed by atoms with E-state index in [4.69, 9.17) is 16.6 Å². The lowest BCUT2D eigenvalue weighted by Crippen LogP contribution is -2.37. The van der Waals surface area contributed by atoms with Gasteiger partial charge in [-0.1, -0.05) is 12.1 Å². The van der Waals surface area contributed by atoms with Gasteiger partial charge >= 0.3 is 0 Å². The number of amides is 2. The monoisotopic (exact) mass is 386 g/mol. The smallest absolute Gasteiger partial charge is 0.262 e. The molecule has 0 spiro atoms. The molecular formula is C18H18N4O4S. The number of hydrogen-bond donors (Lipinski definition) is 3. The zero-order chi connectivity index (χ0) is 19.2. The van der Waals surface area contributed by atoms with Crippen molar-refractivity contribution in [3.63, 3.8) is 0 Å². The van der Waals surface area contributed by atoms with Crippen LogP contribution >= 0.6 is 12.2 Å². The summed E-state index contributed by atoms with van der Waals surface area (Å²) < 4.78 is 6.70. The van der Waals surface area contributed by atoms with Crippen molar-refractivity contribution in [2.75, 3.05) is 6.54 Å². The molecule has 0 unspecified atom stereocenters. The Morgan fingerprint density at radius 3 is 2.70 bits per heavy atom. The van der Waals surface area contributed by atoms with E-state index in [9.17, 15) is 14.4 Å². The standard InChI is InChI=1S/C18H18N4O4S/c23-15(20-11-16(24)19-10-12-4-3-9-26-12)7-8-22-17(25)13-5-1-2-6-14(13)21-18(22)27/h1-6,9H,7-8,10-11H2,(H,19,24)(H,20,23)(H,21,27). The summed E-state index contributed by atoms with van der Waals surface area (Å²) in [5, 5.41) is 5.65. The summed E-state index contributed by atoms with van der Waals surface area (Å²) in [7, 11) is 0. The predicted molar refractivity (Wildman–Crippen MR) is 102 cm³/mol. The largest absolute Gasteiger partial charge is 0.467 e. The van der Waals surface area contributed by atoms with E-state index in [2.05, 4.69) is 15.6 Å². The van der Waals surface area contributed by atoms with Crippen molar-refractivity contribution in [2.45, 2.75) is 19.5 Å². The lowest BCUT2D eigenvalue weighted by molar-refractivity contribution is -0.126. The summed E-state index contributed by atoms with van der Waals surface area (Å²) in [6.07, 6.45) is 1.55. The van der Waals surface area contributed by atoms with Crippen LogP contribution in [0.1, 0.15) is 12.2 Å². The molecule has 0 saturated carbocycles. The Labute approximate surface area is 159 Å². The molecule has 0 saturated heterocycles. The fraction of sp³-hybridized carbons (Fsp3) is 0.222. The van der Waals surface area contributed by atoms with Crippen molar-refractivity contribution >= 4 is 34.9 Å². The average Bonchev–Trinajstić information content (AvgIpc) is 3.18. The third-order valence-corrected chi connectivity index (χ3v) is 4.26. The minimum Gasteiger partial charge on any atom is -0.467 e. The van der Waals surface area contributed by atoms with Gasteiger partial charge in [0.15, 0.2) is 4.77 Å². The van der Waals surface area contributed by atoms with Crippen LogP contribution in [0.15, 0.2) is 51.9 Å². The van der Waals surface area contributed by atoms with Crippen LogP contribution in [0.4, 0.5) is 0 Å². The van der Waals surface area contributed by atoms with Crippen LogP contribution in [0, 0.1) is 4.77 Å². The SMILES string of the molecule is O=C(CCn1c(=S)[nH]c2ccccc2c1=O)NCC(=O)NCc1ccco1. The quantitative estimate of drug-likeness (QED) is 0.533. The molecule has 9 heteroatoms. The summed E-state index contributed by atoms with van der Waals surface area (Å²) >= 11 is 5.20. The number of fused-ring (bicyclic) bond motifs is 1. The number of para-hydroxylation sites is 1. The highest BCUT2D eigenvalue weighted by Gasteiger charge is 2.09. The minimum atomic E-state index is -0.349. The number of nitrogens with one attached hydrogen (secondary N) is 3. The maximum atomic E-state index is 12.5. The highest BCUT2D eigenvalue weighted by atomic mass is 32.1. The predicted octanol–water partition coefficient (Wildman–Crippen LogP) is 1.47. The van der Waals surface area contributed by atoms with Gasteiger partial charge in [0.05, 0.1) is 30.3 Å². The number of benzene rings is 1. The second-order valence-corrected chi connectivity index (χ2v) is 6.20. The molecule has 0 bridgehead atoms. The second-order valence-electron chi connectivity index (χ2n) is 5.82. The average molecular weight is 386 g/mol. The van der Waals surface area contributed by atoms with E-state index >= 15 is 0 Å². The van der Waals surface area contributed by atoms with Gasteiger partial charge in [-0.2, -0.15) is 0 Å². The molecule has 140 valence electrons. The van der Waals surface area contributed by atoms with Gasteiger partial charge in [-0.25, -0.2) is 0 Å². The van der Waals surface area contributed by atoms with Crippen molar-refractivity contribution in [3.05, 3.63) is 63.5 Å². The molecule has 2 heterocycles. The highest BCUT2D eigenvalue weighted by Crippen LogP contribution is 2.06. The third kappa shape index (κ3) is 4.70. The number of nitrogens with zero attached hydrogens (tertiary/aromatic N) is 1. The zero-order valence-corrected chi connectivity index (χ0v) is 15.2. The molecule has 0 aliphatic rings. The number of hydrogen-bond acceptors (Lipinski definition) is 5. The van der Waals surface area contributed by atoms with Crippen LogP contribution in [-0.4, -0.2) is 27.9 Å². The molecule has 3 N–H and O–H groups in total. The summed E-state index contributed by atoms with van der Waals surface area (Å²) in [6.45, 7) is 0.223. The van der Waals surface area contributed by atoms with E-state index in [1.54, 1.807) is 30.3 Å². The van der Waals surface area contributed by atoms with Gasteiger partial charge in [0.2, 0.25) is 11.8 Å². The maximum absolute atomic E-state index is 12.5. The number of carbonyl (C=O) groups is 2. The number of aromatic amines is 1. The normalized spacial score (nSPS) is 10.7. The van der Waals surface area contributed by atoms with Crippen molar-refractivity contribution in [1.82, 2.24) is 20.2 Å². The van der Waals surface area contributed by atoms with Gasteiger partial charge in [-0.05, 0) is 36.5 Å². The number of rotatable bonds is 7. The van der Waals surface area contributed by atoms with Gasteiger partial charge in [0.1, 0.15) is 5.76 Å². The number of carbonyl (C=O) groups excluding carboxylic acids is 2. The molecule has 1 aromatic carbocycles. The Morgan fingerprint density at radius 1 is 1.11 bits per heavy atom. The fourth-order valence-corrected chi connectivity index (χ4v) is 2.83. The van der Waals surface area contributed by atoms with Gasteiger partial charge < -0.3 is 20.0 Å². The Morgan fingerprint density at radius 2 is 1.93 bits per heavy atom. The van der Waals surface area contributed by atoms with Gasteiger partial charge in [-0.15, -0.1) is 0 Å². The summed E-state index contributed by atoms with van der Waals surface area (Å²) in [4.78, 5) is 39.2. The van der Waals surface area contributed by atoms with E-state index in [-0.39, 0.29) is 48.2 Å². The molecule has 8 nitrogen and oxygen atoms in total. The fourth-order valence-electron chi connectivity index (χ4n) is 2.54. The van der Waals surface area contributed by atoms with Crippen LogP contribution in [0.2, 0.25) is 0 Å². The topological polar surface area (TPSA) is 109 Å². The Bertz CT molecular complexity index is 1070. The number of H-pyrrole nitrogens is 1. The molecule has 3 rings (SSSR count). The van der Waals surface area contributed by atoms with Gasteiger partial charge in [0.25, 0.3) is 5.56 Å². The molecule has 0 aliphatic carbocycles. The van der Waals surface area contributed by atoms with E-state index < -0.39 is 0 Å². The second kappa shape index (κ2) is 8.45. The molecule has 3 aromatic rings.